The molecule has 2 amide bonds. The lowest BCUT2D eigenvalue weighted by molar-refractivity contribution is -0.126. The Hall–Kier alpha value is -3.06. The van der Waals surface area contributed by atoms with Crippen LogP contribution in [0.2, 0.25) is 5.02 Å². The van der Waals surface area contributed by atoms with Gasteiger partial charge in [0, 0.05) is 16.3 Å². The SMILES string of the molecule is COc1ccc(OC)c(/C=N/NC(=O)CC(=O)Nc2cccc(Cl)c2)c1. The number of benzene rings is 2. The topological polar surface area (TPSA) is 89.0 Å². The number of methoxy groups -OCH3 is 2. The first kappa shape index (κ1) is 19.3. The normalized spacial score (nSPS) is 10.4. The van der Waals surface area contributed by atoms with Crippen LogP contribution in [0.5, 0.6) is 11.5 Å². The molecule has 0 aliphatic rings. The van der Waals surface area contributed by atoms with Crippen LogP contribution in [0.15, 0.2) is 47.6 Å². The second-order valence-electron chi connectivity index (χ2n) is 5.14. The van der Waals surface area contributed by atoms with Crippen molar-refractivity contribution in [3.63, 3.8) is 0 Å². The molecule has 0 aliphatic carbocycles. The number of amides is 2. The number of nitrogens with one attached hydrogen (secondary N) is 2. The van der Waals surface area contributed by atoms with E-state index < -0.39 is 11.8 Å². The fourth-order valence-electron chi connectivity index (χ4n) is 2.07. The highest BCUT2D eigenvalue weighted by molar-refractivity contribution is 6.30. The van der Waals surface area contributed by atoms with E-state index in [1.807, 2.05) is 0 Å². The zero-order valence-electron chi connectivity index (χ0n) is 14.3. The Morgan fingerprint density at radius 1 is 1.12 bits per heavy atom. The van der Waals surface area contributed by atoms with E-state index in [9.17, 15) is 9.59 Å². The van der Waals surface area contributed by atoms with Crippen LogP contribution in [0.1, 0.15) is 12.0 Å². The first-order chi connectivity index (χ1) is 12.5. The first-order valence-electron chi connectivity index (χ1n) is 7.61. The van der Waals surface area contributed by atoms with Crippen LogP contribution >= 0.6 is 11.6 Å². The van der Waals surface area contributed by atoms with Crippen LogP contribution in [0.3, 0.4) is 0 Å². The third-order valence-corrected chi connectivity index (χ3v) is 3.49. The Bertz CT molecular complexity index is 824. The number of ether oxygens (including phenoxy) is 2. The van der Waals surface area contributed by atoms with E-state index in [-0.39, 0.29) is 6.42 Å². The summed E-state index contributed by atoms with van der Waals surface area (Å²) in [4.78, 5) is 23.7. The third-order valence-electron chi connectivity index (χ3n) is 3.26. The van der Waals surface area contributed by atoms with Gasteiger partial charge in [-0.05, 0) is 36.4 Å². The Balaban J connectivity index is 1.90. The number of hydrazone groups is 1. The fourth-order valence-corrected chi connectivity index (χ4v) is 2.26. The molecule has 0 bridgehead atoms. The van der Waals surface area contributed by atoms with Gasteiger partial charge in [0.2, 0.25) is 11.8 Å². The van der Waals surface area contributed by atoms with Gasteiger partial charge < -0.3 is 14.8 Å². The third kappa shape index (κ3) is 5.78. The highest BCUT2D eigenvalue weighted by Gasteiger charge is 2.09. The quantitative estimate of drug-likeness (QED) is 0.442. The zero-order valence-corrected chi connectivity index (χ0v) is 15.0. The van der Waals surface area contributed by atoms with Crippen LogP contribution in [0, 0.1) is 0 Å². The molecule has 0 fully saturated rings. The van der Waals surface area contributed by atoms with Crippen LogP contribution in [0.25, 0.3) is 0 Å². The molecule has 26 heavy (non-hydrogen) atoms. The van der Waals surface area contributed by atoms with E-state index >= 15 is 0 Å². The molecule has 0 heterocycles. The van der Waals surface area contributed by atoms with Gasteiger partial charge in [0.15, 0.2) is 0 Å². The Labute approximate surface area is 155 Å². The minimum atomic E-state index is -0.553. The Kier molecular flexibility index (Phi) is 6.99. The fraction of sp³-hybridized carbons (Fsp3) is 0.167. The monoisotopic (exact) mass is 375 g/mol. The van der Waals surface area contributed by atoms with Gasteiger partial charge in [0.05, 0.1) is 20.4 Å². The van der Waals surface area contributed by atoms with Crippen molar-refractivity contribution < 1.29 is 19.1 Å². The summed E-state index contributed by atoms with van der Waals surface area (Å²) in [6, 6.07) is 11.8. The lowest BCUT2D eigenvalue weighted by Crippen LogP contribution is -2.24. The maximum atomic E-state index is 11.8. The molecular weight excluding hydrogens is 358 g/mol. The standard InChI is InChI=1S/C18H18ClN3O4/c1-25-15-6-7-16(26-2)12(8-15)11-20-22-18(24)10-17(23)21-14-5-3-4-13(19)9-14/h3-9,11H,10H2,1-2H3,(H,21,23)(H,22,24)/b20-11+. The van der Waals surface area contributed by atoms with E-state index in [1.54, 1.807) is 49.6 Å². The molecule has 2 aromatic rings. The smallest absolute Gasteiger partial charge is 0.249 e. The van der Waals surface area contributed by atoms with Gasteiger partial charge in [0.25, 0.3) is 0 Å². The second-order valence-corrected chi connectivity index (χ2v) is 5.57. The minimum absolute atomic E-state index is 0.376. The van der Waals surface area contributed by atoms with Gasteiger partial charge in [-0.25, -0.2) is 5.43 Å². The van der Waals surface area contributed by atoms with E-state index in [4.69, 9.17) is 21.1 Å². The molecule has 0 spiro atoms. The average molecular weight is 376 g/mol. The number of hydrogen-bond donors (Lipinski definition) is 2. The van der Waals surface area contributed by atoms with Crippen molar-refractivity contribution in [3.05, 3.63) is 53.1 Å². The minimum Gasteiger partial charge on any atom is -0.497 e. The predicted octanol–water partition coefficient (Wildman–Crippen LogP) is 2.84. The molecule has 0 unspecified atom stereocenters. The molecule has 0 atom stereocenters. The largest absolute Gasteiger partial charge is 0.497 e. The second kappa shape index (κ2) is 9.43. The summed E-state index contributed by atoms with van der Waals surface area (Å²) in [6.45, 7) is 0. The van der Waals surface area contributed by atoms with Gasteiger partial charge in [-0.2, -0.15) is 5.10 Å². The summed E-state index contributed by atoms with van der Waals surface area (Å²) in [5.74, 6) is 0.170. The molecule has 2 N–H and O–H groups in total. The summed E-state index contributed by atoms with van der Waals surface area (Å²) in [5.41, 5.74) is 3.43. The molecule has 2 rings (SSSR count). The lowest BCUT2D eigenvalue weighted by Gasteiger charge is -2.07. The van der Waals surface area contributed by atoms with Gasteiger partial charge in [-0.3, -0.25) is 9.59 Å². The molecule has 0 saturated heterocycles. The lowest BCUT2D eigenvalue weighted by atomic mass is 10.2. The van der Waals surface area contributed by atoms with Crippen LogP contribution in [-0.2, 0) is 9.59 Å². The van der Waals surface area contributed by atoms with E-state index in [0.717, 1.165) is 0 Å². The number of halogens is 1. The molecule has 0 saturated carbocycles. The maximum absolute atomic E-state index is 11.8. The van der Waals surface area contributed by atoms with E-state index in [0.29, 0.717) is 27.8 Å². The molecule has 136 valence electrons. The van der Waals surface area contributed by atoms with E-state index in [2.05, 4.69) is 15.8 Å². The number of rotatable bonds is 7. The van der Waals surface area contributed by atoms with Crippen molar-refractivity contribution in [1.82, 2.24) is 5.43 Å². The number of hydrogen-bond acceptors (Lipinski definition) is 5. The van der Waals surface area contributed by atoms with Crippen LogP contribution < -0.4 is 20.2 Å². The van der Waals surface area contributed by atoms with Gasteiger partial charge >= 0.3 is 0 Å². The molecule has 0 radical (unpaired) electrons. The van der Waals surface area contributed by atoms with Gasteiger partial charge in [0.1, 0.15) is 17.9 Å². The maximum Gasteiger partial charge on any atom is 0.249 e. The van der Waals surface area contributed by atoms with Gasteiger partial charge in [-0.1, -0.05) is 17.7 Å². The molecule has 8 heteroatoms. The summed E-state index contributed by atoms with van der Waals surface area (Å²) in [6.07, 6.45) is 1.03. The molecule has 0 aromatic heterocycles. The first-order valence-corrected chi connectivity index (χ1v) is 7.99. The highest BCUT2D eigenvalue weighted by atomic mass is 35.5. The van der Waals surface area contributed by atoms with Crippen molar-refractivity contribution >= 4 is 35.3 Å². The molecule has 2 aromatic carbocycles. The van der Waals surface area contributed by atoms with Crippen molar-refractivity contribution in [2.24, 2.45) is 5.10 Å². The van der Waals surface area contributed by atoms with Crippen molar-refractivity contribution in [3.8, 4) is 11.5 Å². The average Bonchev–Trinajstić information content (AvgIpc) is 2.61. The van der Waals surface area contributed by atoms with Crippen molar-refractivity contribution in [2.45, 2.75) is 6.42 Å². The number of anilines is 1. The summed E-state index contributed by atoms with van der Waals surface area (Å²) >= 11 is 5.84. The molecular formula is C18H18ClN3O4. The number of carbonyl (C=O) groups is 2. The van der Waals surface area contributed by atoms with Crippen LogP contribution in [0.4, 0.5) is 5.69 Å². The summed E-state index contributed by atoms with van der Waals surface area (Å²) in [7, 11) is 3.07. The van der Waals surface area contributed by atoms with Crippen molar-refractivity contribution in [1.29, 1.82) is 0 Å². The van der Waals surface area contributed by atoms with Crippen LogP contribution in [-0.4, -0.2) is 32.2 Å². The van der Waals surface area contributed by atoms with Gasteiger partial charge in [-0.15, -0.1) is 0 Å². The highest BCUT2D eigenvalue weighted by Crippen LogP contribution is 2.22. The summed E-state index contributed by atoms with van der Waals surface area (Å²) < 4.78 is 10.3. The predicted molar refractivity (Wildman–Crippen MR) is 100.0 cm³/mol. The Morgan fingerprint density at radius 3 is 2.62 bits per heavy atom. The molecule has 7 nitrogen and oxygen atoms in total. The molecule has 0 aliphatic heterocycles. The van der Waals surface area contributed by atoms with Crippen molar-refractivity contribution in [2.75, 3.05) is 19.5 Å². The summed E-state index contributed by atoms with van der Waals surface area (Å²) in [5, 5.41) is 6.91. The number of carbonyl (C=O) groups excluding carboxylic acids is 2. The van der Waals surface area contributed by atoms with E-state index in [1.165, 1.54) is 13.3 Å². The Morgan fingerprint density at radius 2 is 1.92 bits per heavy atom. The zero-order chi connectivity index (χ0) is 18.9. The number of nitrogens with zero attached hydrogens (tertiary/aromatic N) is 1.